The zero-order valence-corrected chi connectivity index (χ0v) is 11.9. The molecule has 0 radical (unpaired) electrons. The van der Waals surface area contributed by atoms with Crippen LogP contribution in [0.15, 0.2) is 41.8 Å². The average molecular weight is 285 g/mol. The fraction of sp³-hybridized carbons (Fsp3) is 0.188. The van der Waals surface area contributed by atoms with Crippen molar-refractivity contribution in [2.45, 2.75) is 13.0 Å². The van der Waals surface area contributed by atoms with Crippen LogP contribution in [0.5, 0.6) is 0 Å². The van der Waals surface area contributed by atoms with E-state index < -0.39 is 0 Å². The first-order valence-electron chi connectivity index (χ1n) is 6.25. The lowest BCUT2D eigenvalue weighted by atomic mass is 10.1. The molecule has 20 heavy (non-hydrogen) atoms. The molecule has 0 aliphatic rings. The van der Waals surface area contributed by atoms with Crippen molar-refractivity contribution in [3.8, 4) is 11.8 Å². The number of thiophene rings is 1. The molecule has 2 aromatic rings. The van der Waals surface area contributed by atoms with Crippen LogP contribution in [0.3, 0.4) is 0 Å². The molecule has 3 nitrogen and oxygen atoms in total. The van der Waals surface area contributed by atoms with Crippen LogP contribution in [0.25, 0.3) is 0 Å². The zero-order chi connectivity index (χ0) is 14.4. The van der Waals surface area contributed by atoms with Gasteiger partial charge in [-0.3, -0.25) is 4.79 Å². The molecular weight excluding hydrogens is 270 g/mol. The molecule has 4 heteroatoms. The van der Waals surface area contributed by atoms with Crippen LogP contribution in [-0.4, -0.2) is 17.6 Å². The fourth-order valence-corrected chi connectivity index (χ4v) is 2.56. The molecule has 0 aliphatic heterocycles. The van der Waals surface area contributed by atoms with E-state index in [0.717, 1.165) is 5.56 Å². The zero-order valence-electron chi connectivity index (χ0n) is 11.1. The van der Waals surface area contributed by atoms with Crippen LogP contribution < -0.4 is 5.32 Å². The molecule has 0 spiro atoms. The lowest BCUT2D eigenvalue weighted by Gasteiger charge is -2.13. The van der Waals surface area contributed by atoms with E-state index in [-0.39, 0.29) is 18.6 Å². The normalized spacial score (nSPS) is 11.3. The topological polar surface area (TPSA) is 49.3 Å². The van der Waals surface area contributed by atoms with Gasteiger partial charge in [0.05, 0.1) is 6.04 Å². The van der Waals surface area contributed by atoms with Crippen molar-refractivity contribution in [2.24, 2.45) is 0 Å². The van der Waals surface area contributed by atoms with E-state index >= 15 is 0 Å². The van der Waals surface area contributed by atoms with E-state index in [9.17, 15) is 4.79 Å². The highest BCUT2D eigenvalue weighted by atomic mass is 32.1. The fourth-order valence-electron chi connectivity index (χ4n) is 1.81. The van der Waals surface area contributed by atoms with E-state index in [1.807, 2.05) is 42.6 Å². The van der Waals surface area contributed by atoms with Crippen molar-refractivity contribution < 1.29 is 9.90 Å². The summed E-state index contributed by atoms with van der Waals surface area (Å²) in [6.45, 7) is 1.73. The highest BCUT2D eigenvalue weighted by Gasteiger charge is 2.15. The summed E-state index contributed by atoms with van der Waals surface area (Å²) in [4.78, 5) is 12.8. The number of hydrogen-bond donors (Lipinski definition) is 2. The van der Waals surface area contributed by atoms with Gasteiger partial charge in [-0.25, -0.2) is 0 Å². The van der Waals surface area contributed by atoms with Gasteiger partial charge in [-0.15, -0.1) is 11.3 Å². The Morgan fingerprint density at radius 1 is 1.35 bits per heavy atom. The highest BCUT2D eigenvalue weighted by Crippen LogP contribution is 2.18. The van der Waals surface area contributed by atoms with E-state index in [1.54, 1.807) is 6.07 Å². The Hall–Kier alpha value is -2.09. The number of carbonyl (C=O) groups is 1. The Kier molecular flexibility index (Phi) is 4.94. The van der Waals surface area contributed by atoms with Crippen molar-refractivity contribution in [1.29, 1.82) is 0 Å². The maximum atomic E-state index is 12.2. The lowest BCUT2D eigenvalue weighted by Crippen LogP contribution is -2.26. The lowest BCUT2D eigenvalue weighted by molar-refractivity contribution is 0.0944. The summed E-state index contributed by atoms with van der Waals surface area (Å²) < 4.78 is 0. The number of nitrogens with one attached hydrogen (secondary N) is 1. The number of rotatable bonds is 3. The second-order valence-corrected chi connectivity index (χ2v) is 5.15. The van der Waals surface area contributed by atoms with Crippen molar-refractivity contribution in [2.75, 3.05) is 6.61 Å². The van der Waals surface area contributed by atoms with Crippen molar-refractivity contribution in [3.05, 3.63) is 57.8 Å². The molecule has 2 rings (SSSR count). The number of amides is 1. The minimum Gasteiger partial charge on any atom is -0.384 e. The van der Waals surface area contributed by atoms with Gasteiger partial charge in [0.2, 0.25) is 0 Å². The van der Waals surface area contributed by atoms with Crippen LogP contribution in [0.1, 0.15) is 33.8 Å². The SMILES string of the molecule is CC(NC(=O)c1sccc1C#CCO)c1ccccc1. The summed E-state index contributed by atoms with van der Waals surface area (Å²) in [5.74, 6) is 5.21. The number of benzene rings is 1. The minimum atomic E-state index is -0.211. The van der Waals surface area contributed by atoms with Crippen LogP contribution in [0, 0.1) is 11.8 Å². The third-order valence-corrected chi connectivity index (χ3v) is 3.73. The molecule has 0 saturated heterocycles. The molecule has 102 valence electrons. The van der Waals surface area contributed by atoms with Gasteiger partial charge in [-0.05, 0) is 23.9 Å². The van der Waals surface area contributed by atoms with Gasteiger partial charge in [0.25, 0.3) is 5.91 Å². The summed E-state index contributed by atoms with van der Waals surface area (Å²) in [5.41, 5.74) is 1.71. The Morgan fingerprint density at radius 2 is 2.10 bits per heavy atom. The Balaban J connectivity index is 2.11. The van der Waals surface area contributed by atoms with E-state index in [0.29, 0.717) is 10.4 Å². The van der Waals surface area contributed by atoms with Gasteiger partial charge in [0.1, 0.15) is 11.5 Å². The molecule has 2 N–H and O–H groups in total. The molecule has 1 atom stereocenters. The van der Waals surface area contributed by atoms with E-state index in [2.05, 4.69) is 17.2 Å². The van der Waals surface area contributed by atoms with Crippen molar-refractivity contribution >= 4 is 17.2 Å². The molecule has 0 bridgehead atoms. The highest BCUT2D eigenvalue weighted by molar-refractivity contribution is 7.12. The minimum absolute atomic E-state index is 0.0653. The summed E-state index contributed by atoms with van der Waals surface area (Å²) in [6.07, 6.45) is 0. The molecule has 1 aromatic carbocycles. The molecule has 1 heterocycles. The quantitative estimate of drug-likeness (QED) is 0.852. The smallest absolute Gasteiger partial charge is 0.263 e. The molecule has 0 saturated carbocycles. The molecule has 1 unspecified atom stereocenters. The molecule has 0 aliphatic carbocycles. The predicted octanol–water partition coefficient (Wildman–Crippen LogP) is 2.58. The van der Waals surface area contributed by atoms with Gasteiger partial charge in [-0.2, -0.15) is 0 Å². The van der Waals surface area contributed by atoms with Gasteiger partial charge in [-0.1, -0.05) is 42.2 Å². The Labute approximate surface area is 122 Å². The van der Waals surface area contributed by atoms with Crippen molar-refractivity contribution in [3.63, 3.8) is 0 Å². The largest absolute Gasteiger partial charge is 0.384 e. The maximum absolute atomic E-state index is 12.2. The Bertz CT molecular complexity index is 637. The summed E-state index contributed by atoms with van der Waals surface area (Å²) in [5, 5.41) is 13.5. The Morgan fingerprint density at radius 3 is 2.80 bits per heavy atom. The third-order valence-electron chi connectivity index (χ3n) is 2.82. The number of aliphatic hydroxyl groups is 1. The first-order valence-corrected chi connectivity index (χ1v) is 7.13. The predicted molar refractivity (Wildman–Crippen MR) is 80.6 cm³/mol. The molecule has 0 fully saturated rings. The van der Waals surface area contributed by atoms with Gasteiger partial charge < -0.3 is 10.4 Å². The maximum Gasteiger partial charge on any atom is 0.263 e. The summed E-state index contributed by atoms with van der Waals surface area (Å²) in [7, 11) is 0. The third kappa shape index (κ3) is 3.47. The standard InChI is InChI=1S/C16H15NO2S/c1-12(13-6-3-2-4-7-13)17-16(19)15-14(8-5-10-18)9-11-20-15/h2-4,6-7,9,11-12,18H,10H2,1H3,(H,17,19). The molecule has 1 aromatic heterocycles. The van der Waals surface area contributed by atoms with Gasteiger partial charge in [0, 0.05) is 5.56 Å². The van der Waals surface area contributed by atoms with E-state index in [1.165, 1.54) is 11.3 Å². The summed E-state index contributed by atoms with van der Waals surface area (Å²) >= 11 is 1.35. The second-order valence-electron chi connectivity index (χ2n) is 4.23. The number of hydrogen-bond acceptors (Lipinski definition) is 3. The van der Waals surface area contributed by atoms with Crippen molar-refractivity contribution in [1.82, 2.24) is 5.32 Å². The first kappa shape index (κ1) is 14.3. The van der Waals surface area contributed by atoms with Gasteiger partial charge in [0.15, 0.2) is 0 Å². The van der Waals surface area contributed by atoms with Crippen LogP contribution >= 0.6 is 11.3 Å². The van der Waals surface area contributed by atoms with Gasteiger partial charge >= 0.3 is 0 Å². The van der Waals surface area contributed by atoms with Crippen LogP contribution in [-0.2, 0) is 0 Å². The average Bonchev–Trinajstić information content (AvgIpc) is 2.94. The van der Waals surface area contributed by atoms with E-state index in [4.69, 9.17) is 5.11 Å². The van der Waals surface area contributed by atoms with Crippen LogP contribution in [0.2, 0.25) is 0 Å². The monoisotopic (exact) mass is 285 g/mol. The molecular formula is C16H15NO2S. The first-order chi connectivity index (χ1) is 9.72. The van der Waals surface area contributed by atoms with Crippen LogP contribution in [0.4, 0.5) is 0 Å². The molecule has 1 amide bonds. The number of carbonyl (C=O) groups excluding carboxylic acids is 1. The number of aliphatic hydroxyl groups excluding tert-OH is 1. The summed E-state index contributed by atoms with van der Waals surface area (Å²) in [6, 6.07) is 11.5. The second kappa shape index (κ2) is 6.90.